The second-order valence-corrected chi connectivity index (χ2v) is 3.95. The molecule has 4 nitrogen and oxygen atoms in total. The van der Waals surface area contributed by atoms with Gasteiger partial charge < -0.3 is 4.74 Å². The number of Topliss-reactive ketones (excluding diaryl/α,β-unsaturated/α-hetero) is 2. The van der Waals surface area contributed by atoms with E-state index in [1.807, 2.05) is 6.92 Å². The fraction of sp³-hybridized carbons (Fsp3) is 0.727. The highest BCUT2D eigenvalue weighted by molar-refractivity contribution is 6.37. The molecule has 1 fully saturated rings. The van der Waals surface area contributed by atoms with Crippen LogP contribution in [0.25, 0.3) is 0 Å². The van der Waals surface area contributed by atoms with Gasteiger partial charge in [0.1, 0.15) is 5.78 Å². The summed E-state index contributed by atoms with van der Waals surface area (Å²) >= 11 is 0. The monoisotopic (exact) mass is 212 g/mol. The molecule has 84 valence electrons. The topological polar surface area (TPSA) is 60.4 Å². The van der Waals surface area contributed by atoms with Gasteiger partial charge in [-0.25, -0.2) is 4.79 Å². The first kappa shape index (κ1) is 11.9. The number of carbonyl (C=O) groups is 3. The molecule has 4 heteroatoms. The fourth-order valence-electron chi connectivity index (χ4n) is 1.72. The van der Waals surface area contributed by atoms with Crippen molar-refractivity contribution in [2.75, 3.05) is 6.61 Å². The average molecular weight is 212 g/mol. The molecule has 1 aliphatic carbocycles. The molecule has 0 aromatic carbocycles. The van der Waals surface area contributed by atoms with Crippen LogP contribution in [-0.2, 0) is 19.1 Å². The van der Waals surface area contributed by atoms with Gasteiger partial charge in [0.05, 0.1) is 13.0 Å². The lowest BCUT2D eigenvalue weighted by atomic mass is 9.72. The zero-order valence-corrected chi connectivity index (χ0v) is 9.12. The van der Waals surface area contributed by atoms with Crippen molar-refractivity contribution >= 4 is 17.5 Å². The van der Waals surface area contributed by atoms with Crippen molar-refractivity contribution in [1.29, 1.82) is 0 Å². The van der Waals surface area contributed by atoms with Crippen molar-refractivity contribution in [3.05, 3.63) is 0 Å². The molecule has 1 rings (SSSR count). The second-order valence-electron chi connectivity index (χ2n) is 3.95. The molecule has 0 amide bonds. The largest absolute Gasteiger partial charge is 0.460 e. The van der Waals surface area contributed by atoms with Gasteiger partial charge in [-0.2, -0.15) is 0 Å². The predicted molar refractivity (Wildman–Crippen MR) is 53.2 cm³/mol. The van der Waals surface area contributed by atoms with Crippen molar-refractivity contribution in [1.82, 2.24) is 0 Å². The van der Waals surface area contributed by atoms with Crippen LogP contribution >= 0.6 is 0 Å². The Morgan fingerprint density at radius 3 is 2.33 bits per heavy atom. The molecule has 0 unspecified atom stereocenters. The van der Waals surface area contributed by atoms with E-state index < -0.39 is 11.8 Å². The van der Waals surface area contributed by atoms with Crippen molar-refractivity contribution in [2.45, 2.75) is 33.1 Å². The lowest BCUT2D eigenvalue weighted by Gasteiger charge is -2.32. The minimum Gasteiger partial charge on any atom is -0.460 e. The predicted octanol–water partition coefficient (Wildman–Crippen LogP) is 1.12. The highest BCUT2D eigenvalue weighted by Crippen LogP contribution is 2.34. The molecule has 0 saturated heterocycles. The third kappa shape index (κ3) is 2.88. The Kier molecular flexibility index (Phi) is 4.00. The maximum absolute atomic E-state index is 11.5. The smallest absolute Gasteiger partial charge is 0.375 e. The average Bonchev–Trinajstić information content (AvgIpc) is 2.15. The number of esters is 1. The van der Waals surface area contributed by atoms with E-state index in [2.05, 4.69) is 4.74 Å². The molecule has 0 aromatic heterocycles. The molecule has 2 atom stereocenters. The normalized spacial score (nSPS) is 24.1. The maximum atomic E-state index is 11.5. The molecule has 0 spiro atoms. The summed E-state index contributed by atoms with van der Waals surface area (Å²) in [5.74, 6) is -1.40. The highest BCUT2D eigenvalue weighted by atomic mass is 16.5. The lowest BCUT2D eigenvalue weighted by molar-refractivity contribution is -0.155. The van der Waals surface area contributed by atoms with Gasteiger partial charge in [0.15, 0.2) is 0 Å². The SMILES string of the molecule is CCOC(=O)C(=O)CC(=O)[C@@H]1CC[C@H]1C. The zero-order chi connectivity index (χ0) is 11.4. The molecule has 0 heterocycles. The van der Waals surface area contributed by atoms with Crippen LogP contribution in [-0.4, -0.2) is 24.1 Å². The van der Waals surface area contributed by atoms with Crippen LogP contribution in [0.5, 0.6) is 0 Å². The Morgan fingerprint density at radius 2 is 1.93 bits per heavy atom. The summed E-state index contributed by atoms with van der Waals surface area (Å²) in [4.78, 5) is 33.7. The Balaban J connectivity index is 2.37. The van der Waals surface area contributed by atoms with Gasteiger partial charge in [0.2, 0.25) is 5.78 Å². The molecular weight excluding hydrogens is 196 g/mol. The standard InChI is InChI=1S/C11H16O4/c1-3-15-11(14)10(13)6-9(12)8-5-4-7(8)2/h7-8H,3-6H2,1-2H3/t7-,8-/m1/s1. The van der Waals surface area contributed by atoms with Crippen molar-refractivity contribution in [3.63, 3.8) is 0 Å². The van der Waals surface area contributed by atoms with Crippen LogP contribution in [0.1, 0.15) is 33.1 Å². The molecule has 15 heavy (non-hydrogen) atoms. The summed E-state index contributed by atoms with van der Waals surface area (Å²) < 4.78 is 4.52. The van der Waals surface area contributed by atoms with E-state index in [1.165, 1.54) is 0 Å². The molecule has 0 radical (unpaired) electrons. The van der Waals surface area contributed by atoms with E-state index in [0.717, 1.165) is 12.8 Å². The van der Waals surface area contributed by atoms with Gasteiger partial charge in [-0.15, -0.1) is 0 Å². The third-order valence-corrected chi connectivity index (χ3v) is 2.87. The summed E-state index contributed by atoms with van der Waals surface area (Å²) in [5.41, 5.74) is 0. The summed E-state index contributed by atoms with van der Waals surface area (Å²) in [6, 6.07) is 0. The minimum absolute atomic E-state index is 0.0247. The van der Waals surface area contributed by atoms with E-state index in [1.54, 1.807) is 6.92 Å². The Labute approximate surface area is 89.0 Å². The van der Waals surface area contributed by atoms with Crippen molar-refractivity contribution in [3.8, 4) is 0 Å². The van der Waals surface area contributed by atoms with Gasteiger partial charge in [-0.1, -0.05) is 6.92 Å². The molecular formula is C11H16O4. The van der Waals surface area contributed by atoms with Crippen molar-refractivity contribution in [2.24, 2.45) is 11.8 Å². The molecule has 0 aliphatic heterocycles. The molecule has 0 aromatic rings. The third-order valence-electron chi connectivity index (χ3n) is 2.87. The summed E-state index contributed by atoms with van der Waals surface area (Å²) in [7, 11) is 0. The maximum Gasteiger partial charge on any atom is 0.375 e. The van der Waals surface area contributed by atoms with Crippen LogP contribution in [0, 0.1) is 11.8 Å². The number of ketones is 2. The Morgan fingerprint density at radius 1 is 1.27 bits per heavy atom. The first-order chi connectivity index (χ1) is 7.06. The number of hydrogen-bond donors (Lipinski definition) is 0. The zero-order valence-electron chi connectivity index (χ0n) is 9.12. The fourth-order valence-corrected chi connectivity index (χ4v) is 1.72. The van der Waals surface area contributed by atoms with Crippen molar-refractivity contribution < 1.29 is 19.1 Å². The van der Waals surface area contributed by atoms with Crippen LogP contribution in [0.4, 0.5) is 0 Å². The first-order valence-corrected chi connectivity index (χ1v) is 5.29. The van der Waals surface area contributed by atoms with E-state index in [4.69, 9.17) is 0 Å². The molecule has 1 aliphatic rings. The van der Waals surface area contributed by atoms with Gasteiger partial charge >= 0.3 is 5.97 Å². The summed E-state index contributed by atoms with van der Waals surface area (Å²) in [5, 5.41) is 0. The number of ether oxygens (including phenoxy) is 1. The summed E-state index contributed by atoms with van der Waals surface area (Å²) in [6.07, 6.45) is 1.58. The quantitative estimate of drug-likeness (QED) is 0.389. The van der Waals surface area contributed by atoms with Crippen LogP contribution in [0.3, 0.4) is 0 Å². The Hall–Kier alpha value is -1.19. The number of carbonyl (C=O) groups excluding carboxylic acids is 3. The van der Waals surface area contributed by atoms with Crippen LogP contribution in [0.2, 0.25) is 0 Å². The molecule has 1 saturated carbocycles. The van der Waals surface area contributed by atoms with Gasteiger partial charge in [-0.3, -0.25) is 9.59 Å². The molecule has 0 bridgehead atoms. The lowest BCUT2D eigenvalue weighted by Crippen LogP contribution is -2.33. The van der Waals surface area contributed by atoms with Crippen LogP contribution in [0.15, 0.2) is 0 Å². The van der Waals surface area contributed by atoms with Crippen LogP contribution < -0.4 is 0 Å². The van der Waals surface area contributed by atoms with E-state index >= 15 is 0 Å². The van der Waals surface area contributed by atoms with E-state index in [0.29, 0.717) is 5.92 Å². The number of rotatable bonds is 5. The highest BCUT2D eigenvalue weighted by Gasteiger charge is 2.34. The number of hydrogen-bond acceptors (Lipinski definition) is 4. The minimum atomic E-state index is -0.891. The van der Waals surface area contributed by atoms with E-state index in [-0.39, 0.29) is 24.7 Å². The summed E-state index contributed by atoms with van der Waals surface area (Å²) in [6.45, 7) is 3.78. The van der Waals surface area contributed by atoms with Gasteiger partial charge in [0.25, 0.3) is 0 Å². The first-order valence-electron chi connectivity index (χ1n) is 5.29. The molecule has 0 N–H and O–H groups in total. The van der Waals surface area contributed by atoms with E-state index in [9.17, 15) is 14.4 Å². The van der Waals surface area contributed by atoms with Gasteiger partial charge in [0, 0.05) is 5.92 Å². The van der Waals surface area contributed by atoms with Gasteiger partial charge in [-0.05, 0) is 25.7 Å². The Bertz CT molecular complexity index is 282. The second kappa shape index (κ2) is 5.05.